The van der Waals surface area contributed by atoms with Crippen LogP contribution in [0.5, 0.6) is 0 Å². The van der Waals surface area contributed by atoms with Crippen molar-refractivity contribution in [2.24, 2.45) is 0 Å². The predicted octanol–water partition coefficient (Wildman–Crippen LogP) is 3.12. The Balaban J connectivity index is 1.35. The van der Waals surface area contributed by atoms with Crippen molar-refractivity contribution < 1.29 is 14.3 Å². The van der Waals surface area contributed by atoms with Gasteiger partial charge in [-0.1, -0.05) is 30.3 Å². The number of pyridine rings is 1. The fraction of sp³-hybridized carbons (Fsp3) is 0.200. The zero-order valence-electron chi connectivity index (χ0n) is 19.2. The SMILES string of the molecule is O=c1c2ccc(Nc3cc(N[C@H](CO)c4ccccc4)c(-c4nnco4)cn3)cc2n2n1CCOC2. The second-order valence-electron chi connectivity index (χ2n) is 8.37. The summed E-state index contributed by atoms with van der Waals surface area (Å²) in [5, 5.41) is 25.2. The van der Waals surface area contributed by atoms with Crippen molar-refractivity contribution in [1.29, 1.82) is 0 Å². The monoisotopic (exact) mass is 485 g/mol. The summed E-state index contributed by atoms with van der Waals surface area (Å²) >= 11 is 0. The number of hydrogen-bond acceptors (Lipinski definition) is 9. The van der Waals surface area contributed by atoms with Crippen LogP contribution in [0, 0.1) is 0 Å². The van der Waals surface area contributed by atoms with Crippen molar-refractivity contribution in [1.82, 2.24) is 24.5 Å². The molecule has 5 aromatic rings. The average molecular weight is 486 g/mol. The summed E-state index contributed by atoms with van der Waals surface area (Å²) < 4.78 is 14.5. The lowest BCUT2D eigenvalue weighted by molar-refractivity contribution is 0.0179. The Morgan fingerprint density at radius 3 is 2.81 bits per heavy atom. The van der Waals surface area contributed by atoms with Crippen LogP contribution in [0.1, 0.15) is 11.6 Å². The van der Waals surface area contributed by atoms with Gasteiger partial charge in [0, 0.05) is 18.0 Å². The summed E-state index contributed by atoms with van der Waals surface area (Å²) in [7, 11) is 0. The number of rotatable bonds is 7. The number of hydrogen-bond donors (Lipinski definition) is 3. The van der Waals surface area contributed by atoms with Crippen molar-refractivity contribution in [3.05, 3.63) is 83.1 Å². The highest BCUT2D eigenvalue weighted by Crippen LogP contribution is 2.32. The summed E-state index contributed by atoms with van der Waals surface area (Å²) in [6.07, 6.45) is 2.89. The van der Waals surface area contributed by atoms with E-state index in [1.807, 2.05) is 59.3 Å². The van der Waals surface area contributed by atoms with Gasteiger partial charge in [-0.25, -0.2) is 9.67 Å². The molecule has 11 heteroatoms. The molecule has 6 rings (SSSR count). The highest BCUT2D eigenvalue weighted by atomic mass is 16.5. The smallest absolute Gasteiger partial charge is 0.274 e. The lowest BCUT2D eigenvalue weighted by Crippen LogP contribution is -2.30. The van der Waals surface area contributed by atoms with Crippen molar-refractivity contribution in [2.45, 2.75) is 19.3 Å². The molecule has 4 heterocycles. The highest BCUT2D eigenvalue weighted by molar-refractivity contribution is 5.84. The van der Waals surface area contributed by atoms with Gasteiger partial charge in [0.1, 0.15) is 12.5 Å². The maximum atomic E-state index is 12.7. The molecule has 0 amide bonds. The first-order valence-corrected chi connectivity index (χ1v) is 11.5. The lowest BCUT2D eigenvalue weighted by Gasteiger charge is -2.20. The standard InChI is InChI=1S/C25H23N7O4/c33-13-21(16-4-2-1-3-5-16)29-20-11-23(26-12-19(20)24-30-27-14-36-24)28-17-6-7-18-22(10-17)32-15-35-9-8-31(32)25(18)34/h1-7,10-12,14,21,33H,8-9,13,15H2,(H2,26,28,29)/t21-/m1/s1. The minimum atomic E-state index is -0.362. The molecule has 0 aliphatic carbocycles. The number of fused-ring (bicyclic) bond motifs is 3. The quantitative estimate of drug-likeness (QED) is 0.318. The van der Waals surface area contributed by atoms with Crippen LogP contribution in [0.2, 0.25) is 0 Å². The first-order chi connectivity index (χ1) is 17.7. The molecule has 0 radical (unpaired) electrons. The number of nitrogens with one attached hydrogen (secondary N) is 2. The third-order valence-corrected chi connectivity index (χ3v) is 6.17. The number of anilines is 3. The van der Waals surface area contributed by atoms with Gasteiger partial charge in [0.05, 0.1) is 48.0 Å². The molecule has 36 heavy (non-hydrogen) atoms. The molecular formula is C25H23N7O4. The van der Waals surface area contributed by atoms with Crippen molar-refractivity contribution in [3.8, 4) is 11.5 Å². The van der Waals surface area contributed by atoms with E-state index in [9.17, 15) is 9.90 Å². The molecule has 3 N–H and O–H groups in total. The molecule has 1 atom stereocenters. The molecule has 0 saturated heterocycles. The van der Waals surface area contributed by atoms with Gasteiger partial charge >= 0.3 is 0 Å². The fourth-order valence-electron chi connectivity index (χ4n) is 4.41. The van der Waals surface area contributed by atoms with E-state index in [1.165, 1.54) is 6.39 Å². The van der Waals surface area contributed by atoms with Crippen LogP contribution in [0.4, 0.5) is 17.2 Å². The fourth-order valence-corrected chi connectivity index (χ4v) is 4.41. The zero-order chi connectivity index (χ0) is 24.5. The van der Waals surface area contributed by atoms with E-state index in [-0.39, 0.29) is 18.2 Å². The maximum Gasteiger partial charge on any atom is 0.274 e. The van der Waals surface area contributed by atoms with Gasteiger partial charge in [0.2, 0.25) is 6.39 Å². The second-order valence-corrected chi connectivity index (χ2v) is 8.37. The molecule has 2 aromatic carbocycles. The molecule has 11 nitrogen and oxygen atoms in total. The van der Waals surface area contributed by atoms with Gasteiger partial charge in [-0.3, -0.25) is 9.48 Å². The summed E-state index contributed by atoms with van der Waals surface area (Å²) in [5.41, 5.74) is 3.72. The average Bonchev–Trinajstić information content (AvgIpc) is 3.55. The number of aromatic nitrogens is 5. The van der Waals surface area contributed by atoms with Crippen LogP contribution >= 0.6 is 0 Å². The van der Waals surface area contributed by atoms with Gasteiger partial charge in [0.25, 0.3) is 11.4 Å². The summed E-state index contributed by atoms with van der Waals surface area (Å²) in [6, 6.07) is 16.7. The Kier molecular flexibility index (Phi) is 5.68. The van der Waals surface area contributed by atoms with Crippen molar-refractivity contribution >= 4 is 28.1 Å². The van der Waals surface area contributed by atoms with Gasteiger partial charge in [0.15, 0.2) is 0 Å². The Hall–Kier alpha value is -4.48. The van der Waals surface area contributed by atoms with Crippen LogP contribution < -0.4 is 16.2 Å². The first kappa shape index (κ1) is 22.0. The van der Waals surface area contributed by atoms with E-state index >= 15 is 0 Å². The summed E-state index contributed by atoms with van der Waals surface area (Å²) in [4.78, 5) is 17.2. The third-order valence-electron chi connectivity index (χ3n) is 6.17. The van der Waals surface area contributed by atoms with E-state index in [0.29, 0.717) is 48.2 Å². The van der Waals surface area contributed by atoms with Gasteiger partial charge in [-0.15, -0.1) is 10.2 Å². The molecule has 0 saturated carbocycles. The minimum Gasteiger partial charge on any atom is -0.423 e. The van der Waals surface area contributed by atoms with E-state index in [2.05, 4.69) is 25.8 Å². The highest BCUT2D eigenvalue weighted by Gasteiger charge is 2.19. The molecule has 1 aliphatic rings. The summed E-state index contributed by atoms with van der Waals surface area (Å²) in [6.45, 7) is 1.25. The number of ether oxygens (including phenoxy) is 1. The minimum absolute atomic E-state index is 0.0238. The molecule has 182 valence electrons. The van der Waals surface area contributed by atoms with Crippen LogP contribution in [0.25, 0.3) is 22.4 Å². The zero-order valence-corrected chi connectivity index (χ0v) is 19.2. The van der Waals surface area contributed by atoms with Crippen LogP contribution in [-0.4, -0.2) is 42.9 Å². The van der Waals surface area contributed by atoms with Crippen LogP contribution in [0.3, 0.4) is 0 Å². The van der Waals surface area contributed by atoms with E-state index in [1.54, 1.807) is 10.9 Å². The number of aliphatic hydroxyl groups excluding tert-OH is 1. The van der Waals surface area contributed by atoms with Crippen molar-refractivity contribution in [2.75, 3.05) is 23.8 Å². The van der Waals surface area contributed by atoms with Crippen LogP contribution in [-0.2, 0) is 18.0 Å². The summed E-state index contributed by atoms with van der Waals surface area (Å²) in [5.74, 6) is 0.865. The van der Waals surface area contributed by atoms with Crippen LogP contribution in [0.15, 0.2) is 76.4 Å². The molecular weight excluding hydrogens is 462 g/mol. The van der Waals surface area contributed by atoms with E-state index in [4.69, 9.17) is 9.15 Å². The Labute approximate surface area is 205 Å². The molecule has 0 unspecified atom stereocenters. The van der Waals surface area contributed by atoms with Gasteiger partial charge in [-0.2, -0.15) is 0 Å². The topological polar surface area (TPSA) is 132 Å². The number of benzene rings is 2. The second kappa shape index (κ2) is 9.29. The largest absolute Gasteiger partial charge is 0.423 e. The first-order valence-electron chi connectivity index (χ1n) is 11.5. The van der Waals surface area contributed by atoms with Gasteiger partial charge in [-0.05, 0) is 23.8 Å². The molecule has 3 aromatic heterocycles. The molecule has 0 bridgehead atoms. The van der Waals surface area contributed by atoms with Crippen molar-refractivity contribution in [3.63, 3.8) is 0 Å². The molecule has 1 aliphatic heterocycles. The number of aliphatic hydroxyl groups is 1. The predicted molar refractivity (Wildman–Crippen MR) is 133 cm³/mol. The Bertz CT molecular complexity index is 1560. The van der Waals surface area contributed by atoms with E-state index < -0.39 is 0 Å². The normalized spacial score (nSPS) is 13.9. The third kappa shape index (κ3) is 4.00. The Morgan fingerprint density at radius 2 is 2.00 bits per heavy atom. The van der Waals surface area contributed by atoms with E-state index in [0.717, 1.165) is 16.8 Å². The van der Waals surface area contributed by atoms with Gasteiger partial charge < -0.3 is 24.9 Å². The lowest BCUT2D eigenvalue weighted by atomic mass is 10.1. The molecule has 0 fully saturated rings. The maximum absolute atomic E-state index is 12.7. The number of nitrogens with zero attached hydrogens (tertiary/aromatic N) is 5. The Morgan fingerprint density at radius 1 is 1.11 bits per heavy atom. The molecule has 0 spiro atoms.